The van der Waals surface area contributed by atoms with Crippen molar-refractivity contribution >= 4 is 34.6 Å². The highest BCUT2D eigenvalue weighted by Gasteiger charge is 2.36. The molecule has 4 heterocycles. The standard InChI is InChI=1S/C27H29N7OS/c1-5-33(6-2)21-11-9-19(10-12-21)25-31-27-29-18(4)22(26(35)30-20-8-7-14-28-16-20)23(34(27)32-25)24-17(3)13-15-36-24/h7-16,23H,5-6H2,1-4H3,(H,30,35)(H,29,31,32). The van der Waals surface area contributed by atoms with Gasteiger partial charge >= 0.3 is 0 Å². The van der Waals surface area contributed by atoms with E-state index < -0.39 is 6.04 Å². The van der Waals surface area contributed by atoms with E-state index in [2.05, 4.69) is 71.6 Å². The Bertz CT molecular complexity index is 1400. The van der Waals surface area contributed by atoms with Crippen molar-refractivity contribution in [3.05, 3.63) is 81.9 Å². The van der Waals surface area contributed by atoms with Crippen LogP contribution in [0.3, 0.4) is 0 Å². The van der Waals surface area contributed by atoms with E-state index in [1.54, 1.807) is 29.8 Å². The summed E-state index contributed by atoms with van der Waals surface area (Å²) in [5.41, 5.74) is 5.20. The van der Waals surface area contributed by atoms with Crippen molar-refractivity contribution in [1.29, 1.82) is 0 Å². The third kappa shape index (κ3) is 4.37. The third-order valence-electron chi connectivity index (χ3n) is 6.42. The van der Waals surface area contributed by atoms with Crippen LogP contribution in [0.1, 0.15) is 37.3 Å². The predicted octanol–water partition coefficient (Wildman–Crippen LogP) is 5.48. The number of benzene rings is 1. The summed E-state index contributed by atoms with van der Waals surface area (Å²) in [6, 6.07) is 13.6. The lowest BCUT2D eigenvalue weighted by molar-refractivity contribution is -0.113. The second-order valence-corrected chi connectivity index (χ2v) is 9.60. The highest BCUT2D eigenvalue weighted by molar-refractivity contribution is 7.10. The van der Waals surface area contributed by atoms with Gasteiger partial charge in [-0.2, -0.15) is 4.98 Å². The maximum atomic E-state index is 13.5. The Morgan fingerprint density at radius 3 is 2.56 bits per heavy atom. The first kappa shape index (κ1) is 23.7. The summed E-state index contributed by atoms with van der Waals surface area (Å²) in [6.07, 6.45) is 3.31. The van der Waals surface area contributed by atoms with Crippen LogP contribution in [-0.2, 0) is 4.79 Å². The summed E-state index contributed by atoms with van der Waals surface area (Å²) < 4.78 is 1.83. The van der Waals surface area contributed by atoms with Crippen LogP contribution in [0.4, 0.5) is 17.3 Å². The lowest BCUT2D eigenvalue weighted by Crippen LogP contribution is -2.31. The van der Waals surface area contributed by atoms with Gasteiger partial charge in [0, 0.05) is 41.1 Å². The van der Waals surface area contributed by atoms with E-state index in [1.165, 1.54) is 5.69 Å². The van der Waals surface area contributed by atoms with Crippen molar-refractivity contribution in [2.24, 2.45) is 0 Å². The minimum atomic E-state index is -0.394. The molecular weight excluding hydrogens is 470 g/mol. The first-order chi connectivity index (χ1) is 17.5. The third-order valence-corrected chi connectivity index (χ3v) is 7.49. The van der Waals surface area contributed by atoms with Crippen LogP contribution in [-0.4, -0.2) is 38.7 Å². The van der Waals surface area contributed by atoms with Crippen molar-refractivity contribution in [3.8, 4) is 11.4 Å². The zero-order valence-electron chi connectivity index (χ0n) is 20.8. The van der Waals surface area contributed by atoms with E-state index in [0.717, 1.165) is 34.8 Å². The zero-order valence-corrected chi connectivity index (χ0v) is 21.6. The second-order valence-electron chi connectivity index (χ2n) is 8.65. The summed E-state index contributed by atoms with van der Waals surface area (Å²) in [4.78, 5) is 25.8. The minimum Gasteiger partial charge on any atom is -0.372 e. The molecule has 0 saturated heterocycles. The molecule has 0 radical (unpaired) electrons. The molecule has 4 aromatic rings. The van der Waals surface area contributed by atoms with E-state index in [4.69, 9.17) is 10.1 Å². The number of carbonyl (C=O) groups excluding carboxylic acids is 1. The highest BCUT2D eigenvalue weighted by Crippen LogP contribution is 2.40. The fraction of sp³-hybridized carbons (Fsp3) is 0.259. The lowest BCUT2D eigenvalue weighted by Gasteiger charge is -2.28. The molecule has 0 fully saturated rings. The molecule has 0 aliphatic carbocycles. The summed E-state index contributed by atoms with van der Waals surface area (Å²) in [6.45, 7) is 10.2. The van der Waals surface area contributed by atoms with E-state index in [1.807, 2.05) is 23.1 Å². The maximum absolute atomic E-state index is 13.5. The van der Waals surface area contributed by atoms with Gasteiger partial charge in [0.1, 0.15) is 6.04 Å². The molecular formula is C27H29N7OS. The molecule has 2 N–H and O–H groups in total. The average molecular weight is 500 g/mol. The number of aromatic nitrogens is 4. The summed E-state index contributed by atoms with van der Waals surface area (Å²) in [5, 5.41) is 13.2. The molecule has 0 spiro atoms. The summed E-state index contributed by atoms with van der Waals surface area (Å²) >= 11 is 1.62. The molecule has 1 aromatic carbocycles. The molecule has 1 atom stereocenters. The molecule has 8 nitrogen and oxygen atoms in total. The van der Waals surface area contributed by atoms with Crippen LogP contribution in [0.25, 0.3) is 11.4 Å². The average Bonchev–Trinajstić information content (AvgIpc) is 3.51. The lowest BCUT2D eigenvalue weighted by atomic mass is 9.99. The molecule has 0 saturated carbocycles. The van der Waals surface area contributed by atoms with Crippen LogP contribution < -0.4 is 15.5 Å². The van der Waals surface area contributed by atoms with Crippen LogP contribution >= 0.6 is 11.3 Å². The maximum Gasteiger partial charge on any atom is 0.255 e. The molecule has 1 aliphatic rings. The molecule has 1 amide bonds. The quantitative estimate of drug-likeness (QED) is 0.350. The Hall–Kier alpha value is -3.98. The van der Waals surface area contributed by atoms with Crippen molar-refractivity contribution in [1.82, 2.24) is 19.7 Å². The van der Waals surface area contributed by atoms with Gasteiger partial charge in [0.15, 0.2) is 5.82 Å². The summed E-state index contributed by atoms with van der Waals surface area (Å²) in [5.74, 6) is 1.03. The van der Waals surface area contributed by atoms with Crippen molar-refractivity contribution in [3.63, 3.8) is 0 Å². The zero-order chi connectivity index (χ0) is 25.2. The minimum absolute atomic E-state index is 0.197. The van der Waals surface area contributed by atoms with Crippen LogP contribution in [0.15, 0.2) is 71.5 Å². The first-order valence-corrected chi connectivity index (χ1v) is 12.9. The molecule has 184 valence electrons. The Balaban J connectivity index is 1.54. The number of fused-ring (bicyclic) bond motifs is 1. The molecule has 1 aliphatic heterocycles. The van der Waals surface area contributed by atoms with Crippen LogP contribution in [0, 0.1) is 6.92 Å². The fourth-order valence-corrected chi connectivity index (χ4v) is 5.54. The Labute approximate surface area is 214 Å². The smallest absolute Gasteiger partial charge is 0.255 e. The first-order valence-electron chi connectivity index (χ1n) is 12.0. The van der Waals surface area contributed by atoms with Crippen molar-refractivity contribution in [2.45, 2.75) is 33.7 Å². The number of pyridine rings is 1. The van der Waals surface area contributed by atoms with Gasteiger partial charge in [0.05, 0.1) is 17.5 Å². The molecule has 36 heavy (non-hydrogen) atoms. The fourth-order valence-electron chi connectivity index (χ4n) is 4.52. The van der Waals surface area contributed by atoms with E-state index in [0.29, 0.717) is 23.0 Å². The van der Waals surface area contributed by atoms with Gasteiger partial charge in [-0.05, 0) is 81.1 Å². The number of nitrogens with zero attached hydrogens (tertiary/aromatic N) is 5. The molecule has 9 heteroatoms. The normalized spacial score (nSPS) is 14.8. The van der Waals surface area contributed by atoms with Gasteiger partial charge in [0.2, 0.25) is 5.95 Å². The predicted molar refractivity (Wildman–Crippen MR) is 145 cm³/mol. The Kier molecular flexibility index (Phi) is 6.56. The Morgan fingerprint density at radius 1 is 1.14 bits per heavy atom. The largest absolute Gasteiger partial charge is 0.372 e. The number of aryl methyl sites for hydroxylation is 1. The number of amides is 1. The van der Waals surface area contributed by atoms with Gasteiger partial charge < -0.3 is 15.5 Å². The van der Waals surface area contributed by atoms with Crippen molar-refractivity contribution < 1.29 is 4.79 Å². The van der Waals surface area contributed by atoms with Gasteiger partial charge in [0.25, 0.3) is 5.91 Å². The number of hydrogen-bond acceptors (Lipinski definition) is 7. The molecule has 3 aromatic heterocycles. The van der Waals surface area contributed by atoms with E-state index in [9.17, 15) is 4.79 Å². The van der Waals surface area contributed by atoms with Gasteiger partial charge in [-0.25, -0.2) is 4.68 Å². The number of hydrogen-bond donors (Lipinski definition) is 2. The van der Waals surface area contributed by atoms with Crippen molar-refractivity contribution in [2.75, 3.05) is 28.6 Å². The summed E-state index contributed by atoms with van der Waals surface area (Å²) in [7, 11) is 0. The molecule has 5 rings (SSSR count). The second kappa shape index (κ2) is 9.94. The van der Waals surface area contributed by atoms with Gasteiger partial charge in [-0.3, -0.25) is 9.78 Å². The molecule has 1 unspecified atom stereocenters. The Morgan fingerprint density at radius 2 is 1.92 bits per heavy atom. The number of allylic oxidation sites excluding steroid dienone is 1. The highest BCUT2D eigenvalue weighted by atomic mass is 32.1. The number of carbonyl (C=O) groups is 1. The van der Waals surface area contributed by atoms with Crippen LogP contribution in [0.2, 0.25) is 0 Å². The van der Waals surface area contributed by atoms with Gasteiger partial charge in [-0.15, -0.1) is 16.4 Å². The molecule has 0 bridgehead atoms. The van der Waals surface area contributed by atoms with E-state index in [-0.39, 0.29) is 5.91 Å². The number of rotatable bonds is 7. The SMILES string of the molecule is CCN(CC)c1ccc(-c2nc3n(n2)C(c2sccc2C)C(C(=O)Nc2cccnc2)=C(C)N3)cc1. The monoisotopic (exact) mass is 499 g/mol. The topological polar surface area (TPSA) is 88.0 Å². The van der Waals surface area contributed by atoms with Crippen LogP contribution in [0.5, 0.6) is 0 Å². The van der Waals surface area contributed by atoms with Gasteiger partial charge in [-0.1, -0.05) is 0 Å². The van der Waals surface area contributed by atoms with E-state index >= 15 is 0 Å². The number of nitrogens with one attached hydrogen (secondary N) is 2. The number of thiophene rings is 1. The number of anilines is 3.